The van der Waals surface area contributed by atoms with Crippen LogP contribution in [0.3, 0.4) is 0 Å². The number of hydrogen-bond acceptors (Lipinski definition) is 2. The highest BCUT2D eigenvalue weighted by atomic mass is 16.5. The molecule has 0 aromatic heterocycles. The zero-order valence-corrected chi connectivity index (χ0v) is 12.1. The average Bonchev–Trinajstić information content (AvgIpc) is 3.05. The van der Waals surface area contributed by atoms with E-state index in [1.54, 1.807) is 6.08 Å². The molecule has 2 saturated carbocycles. The molecule has 0 N–H and O–H groups in total. The van der Waals surface area contributed by atoms with E-state index in [-0.39, 0.29) is 17.5 Å². The van der Waals surface area contributed by atoms with Gasteiger partial charge in [-0.1, -0.05) is 37.8 Å². The summed E-state index contributed by atoms with van der Waals surface area (Å²) < 4.78 is 5.88. The summed E-state index contributed by atoms with van der Waals surface area (Å²) in [5.74, 6) is 0.577. The molecule has 3 atom stereocenters. The highest BCUT2D eigenvalue weighted by molar-refractivity contribution is 5.93. The van der Waals surface area contributed by atoms with E-state index in [2.05, 4.69) is 13.5 Å². The minimum atomic E-state index is -0.189. The predicted octanol–water partition coefficient (Wildman–Crippen LogP) is 4.46. The van der Waals surface area contributed by atoms with E-state index in [4.69, 9.17) is 4.74 Å². The Labute approximate surface area is 120 Å². The molecule has 0 saturated heterocycles. The van der Waals surface area contributed by atoms with Gasteiger partial charge in [0.2, 0.25) is 0 Å². The van der Waals surface area contributed by atoms with E-state index in [1.807, 2.05) is 24.3 Å². The second kappa shape index (κ2) is 5.08. The summed E-state index contributed by atoms with van der Waals surface area (Å²) in [6.45, 7) is 5.99. The van der Waals surface area contributed by atoms with Crippen LogP contribution in [0.1, 0.15) is 54.9 Å². The van der Waals surface area contributed by atoms with Gasteiger partial charge in [-0.15, -0.1) is 0 Å². The molecule has 2 aliphatic carbocycles. The third kappa shape index (κ3) is 2.07. The quantitative estimate of drug-likeness (QED) is 0.755. The van der Waals surface area contributed by atoms with Crippen LogP contribution in [0.5, 0.6) is 0 Å². The number of rotatable bonds is 4. The van der Waals surface area contributed by atoms with Crippen LogP contribution in [-0.2, 0) is 4.74 Å². The van der Waals surface area contributed by atoms with Crippen molar-refractivity contribution in [2.24, 2.45) is 11.3 Å². The number of carbonyl (C=O) groups is 1. The van der Waals surface area contributed by atoms with Gasteiger partial charge >= 0.3 is 5.97 Å². The van der Waals surface area contributed by atoms with Gasteiger partial charge in [0.15, 0.2) is 0 Å². The summed E-state index contributed by atoms with van der Waals surface area (Å²) in [4.78, 5) is 12.4. The van der Waals surface area contributed by atoms with Gasteiger partial charge in [-0.2, -0.15) is 0 Å². The maximum atomic E-state index is 12.4. The van der Waals surface area contributed by atoms with Crippen molar-refractivity contribution in [3.05, 3.63) is 42.0 Å². The number of ether oxygens (including phenoxy) is 1. The lowest BCUT2D eigenvalue weighted by Gasteiger charge is -2.33. The molecule has 2 fully saturated rings. The molecule has 0 radical (unpaired) electrons. The molecule has 0 spiro atoms. The van der Waals surface area contributed by atoms with Crippen molar-refractivity contribution in [2.75, 3.05) is 0 Å². The first-order chi connectivity index (χ1) is 9.68. The van der Waals surface area contributed by atoms with Gasteiger partial charge in [0.25, 0.3) is 0 Å². The Balaban J connectivity index is 1.78. The van der Waals surface area contributed by atoms with E-state index in [0.29, 0.717) is 5.56 Å². The van der Waals surface area contributed by atoms with E-state index >= 15 is 0 Å². The lowest BCUT2D eigenvalue weighted by Crippen LogP contribution is -2.34. The maximum Gasteiger partial charge on any atom is 0.339 e. The van der Waals surface area contributed by atoms with Crippen molar-refractivity contribution in [1.29, 1.82) is 0 Å². The molecule has 1 aromatic carbocycles. The van der Waals surface area contributed by atoms with Crippen LogP contribution in [-0.4, -0.2) is 12.1 Å². The Morgan fingerprint density at radius 3 is 3.00 bits per heavy atom. The SMILES string of the molecule is C=Cc1ccccc1C(=O)OC1CC2CCC1(CC)C2. The molecule has 106 valence electrons. The minimum Gasteiger partial charge on any atom is -0.458 e. The fraction of sp³-hybridized carbons (Fsp3) is 0.500. The lowest BCUT2D eigenvalue weighted by molar-refractivity contribution is -0.0131. The number of carbonyl (C=O) groups excluding carboxylic acids is 1. The van der Waals surface area contributed by atoms with Crippen molar-refractivity contribution in [1.82, 2.24) is 0 Å². The van der Waals surface area contributed by atoms with Crippen LogP contribution in [0.2, 0.25) is 0 Å². The third-order valence-corrected chi connectivity index (χ3v) is 5.33. The molecular formula is C18H22O2. The topological polar surface area (TPSA) is 26.3 Å². The molecule has 2 aliphatic rings. The Bertz CT molecular complexity index is 534. The van der Waals surface area contributed by atoms with Gasteiger partial charge in [-0.3, -0.25) is 0 Å². The molecule has 3 unspecified atom stereocenters. The summed E-state index contributed by atoms with van der Waals surface area (Å²) in [6.07, 6.45) is 7.76. The number of benzene rings is 1. The molecule has 2 nitrogen and oxygen atoms in total. The van der Waals surface area contributed by atoms with Gasteiger partial charge in [-0.25, -0.2) is 4.79 Å². The predicted molar refractivity (Wildman–Crippen MR) is 80.4 cm³/mol. The standard InChI is InChI=1S/C18H22O2/c1-3-14-7-5-6-8-15(14)17(19)20-16-11-13-9-10-18(16,4-2)12-13/h3,5-8,13,16H,1,4,9-12H2,2H3. The largest absolute Gasteiger partial charge is 0.458 e. The van der Waals surface area contributed by atoms with Gasteiger partial charge in [0.1, 0.15) is 6.10 Å². The summed E-state index contributed by atoms with van der Waals surface area (Å²) in [7, 11) is 0. The fourth-order valence-corrected chi connectivity index (χ4v) is 4.09. The summed E-state index contributed by atoms with van der Waals surface area (Å²) >= 11 is 0. The fourth-order valence-electron chi connectivity index (χ4n) is 4.09. The van der Waals surface area contributed by atoms with E-state index in [9.17, 15) is 4.79 Å². The van der Waals surface area contributed by atoms with Crippen LogP contribution in [0, 0.1) is 11.3 Å². The first-order valence-corrected chi connectivity index (χ1v) is 7.61. The summed E-state index contributed by atoms with van der Waals surface area (Å²) in [6, 6.07) is 7.52. The van der Waals surface area contributed by atoms with Gasteiger partial charge < -0.3 is 4.74 Å². The van der Waals surface area contributed by atoms with Crippen molar-refractivity contribution in [3.63, 3.8) is 0 Å². The number of fused-ring (bicyclic) bond motifs is 2. The number of esters is 1. The highest BCUT2D eigenvalue weighted by Crippen LogP contribution is 2.57. The molecule has 0 amide bonds. The summed E-state index contributed by atoms with van der Waals surface area (Å²) in [5.41, 5.74) is 1.74. The normalized spacial score (nSPS) is 31.2. The molecule has 2 heteroatoms. The first kappa shape index (κ1) is 13.4. The smallest absolute Gasteiger partial charge is 0.339 e. The van der Waals surface area contributed by atoms with Crippen LogP contribution < -0.4 is 0 Å². The highest BCUT2D eigenvalue weighted by Gasteiger charge is 2.52. The molecule has 1 aromatic rings. The first-order valence-electron chi connectivity index (χ1n) is 7.61. The zero-order valence-electron chi connectivity index (χ0n) is 12.1. The van der Waals surface area contributed by atoms with Crippen LogP contribution in [0.4, 0.5) is 0 Å². The molecule has 0 aliphatic heterocycles. The summed E-state index contributed by atoms with van der Waals surface area (Å²) in [5, 5.41) is 0. The Hall–Kier alpha value is -1.57. The Morgan fingerprint density at radius 2 is 2.30 bits per heavy atom. The molecular weight excluding hydrogens is 248 g/mol. The van der Waals surface area contributed by atoms with Crippen molar-refractivity contribution in [2.45, 2.75) is 45.1 Å². The van der Waals surface area contributed by atoms with Gasteiger partial charge in [-0.05, 0) is 49.7 Å². The maximum absolute atomic E-state index is 12.4. The van der Waals surface area contributed by atoms with Crippen molar-refractivity contribution >= 4 is 12.0 Å². The molecule has 3 rings (SSSR count). The lowest BCUT2D eigenvalue weighted by atomic mass is 9.79. The van der Waals surface area contributed by atoms with E-state index in [1.165, 1.54) is 19.3 Å². The minimum absolute atomic E-state index is 0.108. The molecule has 20 heavy (non-hydrogen) atoms. The van der Waals surface area contributed by atoms with Crippen LogP contribution in [0.25, 0.3) is 6.08 Å². The third-order valence-electron chi connectivity index (χ3n) is 5.33. The van der Waals surface area contributed by atoms with Crippen LogP contribution in [0.15, 0.2) is 30.8 Å². The second-order valence-electron chi connectivity index (χ2n) is 6.25. The monoisotopic (exact) mass is 270 g/mol. The number of hydrogen-bond donors (Lipinski definition) is 0. The van der Waals surface area contributed by atoms with Gasteiger partial charge in [0.05, 0.1) is 5.56 Å². The van der Waals surface area contributed by atoms with Gasteiger partial charge in [0, 0.05) is 5.41 Å². The van der Waals surface area contributed by atoms with E-state index in [0.717, 1.165) is 24.3 Å². The van der Waals surface area contributed by atoms with Crippen molar-refractivity contribution < 1.29 is 9.53 Å². The second-order valence-corrected chi connectivity index (χ2v) is 6.25. The Morgan fingerprint density at radius 1 is 1.50 bits per heavy atom. The molecule has 0 heterocycles. The Kier molecular flexibility index (Phi) is 3.41. The average molecular weight is 270 g/mol. The van der Waals surface area contributed by atoms with E-state index < -0.39 is 0 Å². The van der Waals surface area contributed by atoms with Crippen LogP contribution >= 0.6 is 0 Å². The molecule has 2 bridgehead atoms. The van der Waals surface area contributed by atoms with Crippen molar-refractivity contribution in [3.8, 4) is 0 Å². The zero-order chi connectivity index (χ0) is 14.2.